The van der Waals surface area contributed by atoms with Gasteiger partial charge in [0.25, 0.3) is 0 Å². The Morgan fingerprint density at radius 2 is 2.17 bits per heavy atom. The molecule has 6 heteroatoms. The van der Waals surface area contributed by atoms with Gasteiger partial charge in [-0.25, -0.2) is 4.98 Å². The molecule has 0 radical (unpaired) electrons. The van der Waals surface area contributed by atoms with E-state index in [1.54, 1.807) is 11.3 Å². The van der Waals surface area contributed by atoms with Gasteiger partial charge < -0.3 is 9.84 Å². The van der Waals surface area contributed by atoms with Crippen molar-refractivity contribution >= 4 is 17.4 Å². The minimum atomic E-state index is 0.129. The zero-order valence-electron chi connectivity index (χ0n) is 11.1. The zero-order chi connectivity index (χ0) is 13.1. The van der Waals surface area contributed by atoms with Crippen molar-refractivity contribution in [1.82, 2.24) is 15.1 Å². The van der Waals surface area contributed by atoms with E-state index in [1.807, 2.05) is 26.2 Å². The number of aryl methyl sites for hydroxylation is 1. The van der Waals surface area contributed by atoms with Crippen molar-refractivity contribution < 1.29 is 4.52 Å². The summed E-state index contributed by atoms with van der Waals surface area (Å²) in [7, 11) is 0. The predicted molar refractivity (Wildman–Crippen MR) is 71.9 cm³/mol. The maximum absolute atomic E-state index is 5.19. The van der Waals surface area contributed by atoms with Gasteiger partial charge in [0.1, 0.15) is 5.01 Å². The van der Waals surface area contributed by atoms with Gasteiger partial charge in [-0.05, 0) is 13.3 Å². The molecule has 0 aliphatic heterocycles. The molecule has 98 valence electrons. The van der Waals surface area contributed by atoms with Crippen LogP contribution < -0.4 is 5.32 Å². The van der Waals surface area contributed by atoms with Crippen molar-refractivity contribution in [2.75, 3.05) is 5.32 Å². The monoisotopic (exact) mass is 266 g/mol. The fourth-order valence-electron chi connectivity index (χ4n) is 1.55. The molecule has 0 fully saturated rings. The van der Waals surface area contributed by atoms with Crippen molar-refractivity contribution in [1.29, 1.82) is 0 Å². The highest BCUT2D eigenvalue weighted by atomic mass is 32.1. The second kappa shape index (κ2) is 5.48. The molecule has 1 N–H and O–H groups in total. The van der Waals surface area contributed by atoms with E-state index >= 15 is 0 Å². The first kappa shape index (κ1) is 13.0. The summed E-state index contributed by atoms with van der Waals surface area (Å²) in [5, 5.41) is 10.3. The van der Waals surface area contributed by atoms with Crippen LogP contribution in [0, 0.1) is 6.92 Å². The summed E-state index contributed by atoms with van der Waals surface area (Å²) in [6.07, 6.45) is 0.923. The van der Waals surface area contributed by atoms with Gasteiger partial charge >= 0.3 is 6.01 Å². The molecule has 1 unspecified atom stereocenters. The third kappa shape index (κ3) is 2.87. The minimum absolute atomic E-state index is 0.129. The number of thiazole rings is 1. The molecule has 2 heterocycles. The number of rotatable bonds is 5. The van der Waals surface area contributed by atoms with Crippen LogP contribution in [0.15, 0.2) is 9.90 Å². The molecule has 0 amide bonds. The summed E-state index contributed by atoms with van der Waals surface area (Å²) in [5.74, 6) is 0.995. The Hall–Kier alpha value is -1.43. The fraction of sp³-hybridized carbons (Fsp3) is 0.583. The summed E-state index contributed by atoms with van der Waals surface area (Å²) in [5.41, 5.74) is 1.05. The Kier molecular flexibility index (Phi) is 3.96. The highest BCUT2D eigenvalue weighted by Crippen LogP contribution is 2.25. The molecule has 0 bridgehead atoms. The Bertz CT molecular complexity index is 506. The smallest absolute Gasteiger partial charge is 0.322 e. The molecule has 2 rings (SSSR count). The molecular weight excluding hydrogens is 248 g/mol. The molecule has 0 saturated heterocycles. The van der Waals surface area contributed by atoms with Gasteiger partial charge in [-0.2, -0.15) is 4.98 Å². The highest BCUT2D eigenvalue weighted by molar-refractivity contribution is 7.09. The number of nitrogens with zero attached hydrogens (tertiary/aromatic N) is 3. The summed E-state index contributed by atoms with van der Waals surface area (Å²) >= 11 is 1.65. The summed E-state index contributed by atoms with van der Waals surface area (Å²) in [4.78, 5) is 8.80. The summed E-state index contributed by atoms with van der Waals surface area (Å²) in [6, 6.07) is 0.600. The van der Waals surface area contributed by atoms with Crippen LogP contribution in [0.1, 0.15) is 55.7 Å². The third-order valence-electron chi connectivity index (χ3n) is 2.60. The summed E-state index contributed by atoms with van der Waals surface area (Å²) < 4.78 is 5.19. The van der Waals surface area contributed by atoms with Gasteiger partial charge in [-0.1, -0.05) is 25.9 Å². The molecule has 18 heavy (non-hydrogen) atoms. The quantitative estimate of drug-likeness (QED) is 0.897. The molecule has 5 nitrogen and oxygen atoms in total. The maximum Gasteiger partial charge on any atom is 0.322 e. The van der Waals surface area contributed by atoms with Crippen molar-refractivity contribution in [2.45, 2.75) is 46.1 Å². The van der Waals surface area contributed by atoms with E-state index in [4.69, 9.17) is 4.52 Å². The first-order valence-corrected chi connectivity index (χ1v) is 7.00. The van der Waals surface area contributed by atoms with E-state index in [1.165, 1.54) is 0 Å². The van der Waals surface area contributed by atoms with E-state index in [0.29, 0.717) is 6.01 Å². The van der Waals surface area contributed by atoms with E-state index in [0.717, 1.165) is 22.9 Å². The molecule has 0 aliphatic rings. The molecule has 1 atom stereocenters. The maximum atomic E-state index is 5.19. The average Bonchev–Trinajstić information content (AvgIpc) is 2.94. The Morgan fingerprint density at radius 3 is 2.67 bits per heavy atom. The van der Waals surface area contributed by atoms with E-state index < -0.39 is 0 Å². The average molecular weight is 266 g/mol. The molecular formula is C12H18N4OS. The van der Waals surface area contributed by atoms with Crippen LogP contribution in [0.25, 0.3) is 0 Å². The number of anilines is 1. The van der Waals surface area contributed by atoms with Crippen LogP contribution in [0.3, 0.4) is 0 Å². The normalized spacial score (nSPS) is 12.9. The Morgan fingerprint density at radius 1 is 1.39 bits per heavy atom. The van der Waals surface area contributed by atoms with Gasteiger partial charge in [0, 0.05) is 17.0 Å². The Balaban J connectivity index is 2.10. The molecule has 2 aromatic heterocycles. The second-order valence-electron chi connectivity index (χ2n) is 4.54. The van der Waals surface area contributed by atoms with Gasteiger partial charge in [0.05, 0.1) is 6.04 Å². The molecule has 0 saturated carbocycles. The SMILES string of the molecule is CCC(Nc1nc(C(C)C)no1)c1nc(C)cs1. The van der Waals surface area contributed by atoms with Gasteiger partial charge in [-0.3, -0.25) is 0 Å². The van der Waals surface area contributed by atoms with Crippen molar-refractivity contribution in [3.63, 3.8) is 0 Å². The molecule has 0 aliphatic carbocycles. The number of hydrogen-bond donors (Lipinski definition) is 1. The zero-order valence-corrected chi connectivity index (χ0v) is 11.9. The summed E-state index contributed by atoms with van der Waals surface area (Å²) in [6.45, 7) is 8.18. The largest absolute Gasteiger partial charge is 0.329 e. The number of hydrogen-bond acceptors (Lipinski definition) is 6. The van der Waals surface area contributed by atoms with E-state index in [9.17, 15) is 0 Å². The Labute approximate surface area is 111 Å². The standard InChI is InChI=1S/C12H18N4OS/c1-5-9(11-13-8(4)6-18-11)14-12-15-10(7(2)3)16-17-12/h6-7,9H,5H2,1-4H3,(H,14,15,16). The highest BCUT2D eigenvalue weighted by Gasteiger charge is 2.17. The van der Waals surface area contributed by atoms with Gasteiger partial charge in [0.15, 0.2) is 5.82 Å². The second-order valence-corrected chi connectivity index (χ2v) is 5.43. The lowest BCUT2D eigenvalue weighted by molar-refractivity contribution is 0.415. The minimum Gasteiger partial charge on any atom is -0.329 e. The molecule has 0 aromatic carbocycles. The predicted octanol–water partition coefficient (Wildman–Crippen LogP) is 3.52. The van der Waals surface area contributed by atoms with Crippen LogP contribution in [-0.2, 0) is 0 Å². The fourth-order valence-corrected chi connectivity index (χ4v) is 2.48. The van der Waals surface area contributed by atoms with Crippen molar-refractivity contribution in [3.05, 3.63) is 21.9 Å². The third-order valence-corrected chi connectivity index (χ3v) is 3.68. The topological polar surface area (TPSA) is 63.8 Å². The lowest BCUT2D eigenvalue weighted by Crippen LogP contribution is -2.09. The van der Waals surface area contributed by atoms with Crippen molar-refractivity contribution in [2.24, 2.45) is 0 Å². The molecule has 2 aromatic rings. The van der Waals surface area contributed by atoms with E-state index in [-0.39, 0.29) is 12.0 Å². The lowest BCUT2D eigenvalue weighted by atomic mass is 10.2. The number of aromatic nitrogens is 3. The van der Waals surface area contributed by atoms with Gasteiger partial charge in [0.2, 0.25) is 0 Å². The number of nitrogens with one attached hydrogen (secondary N) is 1. The first-order chi connectivity index (χ1) is 8.60. The lowest BCUT2D eigenvalue weighted by Gasteiger charge is -2.11. The van der Waals surface area contributed by atoms with Crippen LogP contribution in [-0.4, -0.2) is 15.1 Å². The first-order valence-electron chi connectivity index (χ1n) is 6.12. The van der Waals surface area contributed by atoms with Crippen LogP contribution in [0.2, 0.25) is 0 Å². The van der Waals surface area contributed by atoms with Gasteiger partial charge in [-0.15, -0.1) is 11.3 Å². The molecule has 0 spiro atoms. The van der Waals surface area contributed by atoms with E-state index in [2.05, 4.69) is 27.4 Å². The van der Waals surface area contributed by atoms with Crippen LogP contribution >= 0.6 is 11.3 Å². The van der Waals surface area contributed by atoms with Crippen molar-refractivity contribution in [3.8, 4) is 0 Å². The van der Waals surface area contributed by atoms with Crippen LogP contribution in [0.4, 0.5) is 6.01 Å². The van der Waals surface area contributed by atoms with Crippen LogP contribution in [0.5, 0.6) is 0 Å².